The van der Waals surface area contributed by atoms with Crippen LogP contribution in [0.25, 0.3) is 0 Å². The molecule has 3 rings (SSSR count). The molecule has 7 heteroatoms. The monoisotopic (exact) mass is 398 g/mol. The van der Waals surface area contributed by atoms with Gasteiger partial charge in [-0.15, -0.1) is 0 Å². The number of nitrogens with zero attached hydrogens (tertiary/aromatic N) is 2. The highest BCUT2D eigenvalue weighted by molar-refractivity contribution is 6.23. The standard InChI is InChI=1S/C22H23FN2O4/c1-3-4-20(26)24(14-15-5-7-16(23)8-6-15)19-13-21(27)25(22(19)28)17-9-11-18(29-2)12-10-17/h5-12,19H,3-4,13-14H2,1-2H3. The van der Waals surface area contributed by atoms with E-state index in [1.54, 1.807) is 36.4 Å². The van der Waals surface area contributed by atoms with Gasteiger partial charge in [0.05, 0.1) is 19.2 Å². The third kappa shape index (κ3) is 4.45. The summed E-state index contributed by atoms with van der Waals surface area (Å²) in [6.45, 7) is 2.01. The minimum Gasteiger partial charge on any atom is -0.497 e. The van der Waals surface area contributed by atoms with Crippen molar-refractivity contribution >= 4 is 23.4 Å². The SMILES string of the molecule is CCCC(=O)N(Cc1ccc(F)cc1)C1CC(=O)N(c2ccc(OC)cc2)C1=O. The molecule has 1 unspecified atom stereocenters. The molecule has 1 saturated heterocycles. The lowest BCUT2D eigenvalue weighted by atomic mass is 10.1. The number of methoxy groups -OCH3 is 1. The van der Waals surface area contributed by atoms with Gasteiger partial charge in [-0.25, -0.2) is 9.29 Å². The zero-order chi connectivity index (χ0) is 21.0. The van der Waals surface area contributed by atoms with Gasteiger partial charge in [0.15, 0.2) is 0 Å². The van der Waals surface area contributed by atoms with Crippen molar-refractivity contribution in [2.45, 2.75) is 38.8 Å². The first-order valence-corrected chi connectivity index (χ1v) is 9.49. The summed E-state index contributed by atoms with van der Waals surface area (Å²) in [7, 11) is 1.53. The smallest absolute Gasteiger partial charge is 0.257 e. The number of halogens is 1. The number of imide groups is 1. The van der Waals surface area contributed by atoms with Crippen molar-refractivity contribution in [3.8, 4) is 5.75 Å². The summed E-state index contributed by atoms with van der Waals surface area (Å²) in [5.41, 5.74) is 1.13. The van der Waals surface area contributed by atoms with E-state index in [9.17, 15) is 18.8 Å². The molecule has 0 spiro atoms. The summed E-state index contributed by atoms with van der Waals surface area (Å²) in [6, 6.07) is 11.5. The van der Waals surface area contributed by atoms with Gasteiger partial charge in [-0.3, -0.25) is 14.4 Å². The Bertz CT molecular complexity index is 896. The molecule has 1 atom stereocenters. The minimum absolute atomic E-state index is 0.0818. The number of carbonyl (C=O) groups excluding carboxylic acids is 3. The van der Waals surface area contributed by atoms with Gasteiger partial charge in [0, 0.05) is 13.0 Å². The van der Waals surface area contributed by atoms with Gasteiger partial charge in [0.1, 0.15) is 17.6 Å². The summed E-state index contributed by atoms with van der Waals surface area (Å²) < 4.78 is 18.3. The predicted molar refractivity (Wildman–Crippen MR) is 106 cm³/mol. The fourth-order valence-electron chi connectivity index (χ4n) is 3.38. The molecule has 0 radical (unpaired) electrons. The van der Waals surface area contributed by atoms with E-state index in [0.717, 1.165) is 4.90 Å². The zero-order valence-corrected chi connectivity index (χ0v) is 16.4. The van der Waals surface area contributed by atoms with E-state index < -0.39 is 11.9 Å². The summed E-state index contributed by atoms with van der Waals surface area (Å²) >= 11 is 0. The van der Waals surface area contributed by atoms with Crippen LogP contribution in [0, 0.1) is 5.82 Å². The average Bonchev–Trinajstić information content (AvgIpc) is 3.01. The Balaban J connectivity index is 1.86. The molecule has 0 aromatic heterocycles. The van der Waals surface area contributed by atoms with E-state index in [2.05, 4.69) is 0 Å². The molecule has 0 saturated carbocycles. The first kappa shape index (κ1) is 20.5. The van der Waals surface area contributed by atoms with Crippen molar-refractivity contribution in [3.05, 3.63) is 59.9 Å². The molecular weight excluding hydrogens is 375 g/mol. The van der Waals surface area contributed by atoms with Crippen LogP contribution in [-0.4, -0.2) is 35.8 Å². The predicted octanol–water partition coefficient (Wildman–Crippen LogP) is 3.30. The summed E-state index contributed by atoms with van der Waals surface area (Å²) in [4.78, 5) is 41.0. The van der Waals surface area contributed by atoms with Crippen LogP contribution in [0.15, 0.2) is 48.5 Å². The maximum atomic E-state index is 13.2. The molecule has 29 heavy (non-hydrogen) atoms. The maximum absolute atomic E-state index is 13.2. The molecule has 0 N–H and O–H groups in total. The molecule has 1 aliphatic heterocycles. The lowest BCUT2D eigenvalue weighted by molar-refractivity contribution is -0.139. The van der Waals surface area contributed by atoms with E-state index in [1.165, 1.54) is 24.1 Å². The molecule has 3 amide bonds. The van der Waals surface area contributed by atoms with E-state index >= 15 is 0 Å². The van der Waals surface area contributed by atoms with Crippen LogP contribution in [0.4, 0.5) is 10.1 Å². The van der Waals surface area contributed by atoms with Crippen molar-refractivity contribution < 1.29 is 23.5 Å². The van der Waals surface area contributed by atoms with Crippen LogP contribution in [0.1, 0.15) is 31.7 Å². The van der Waals surface area contributed by atoms with E-state index in [1.807, 2.05) is 6.92 Å². The van der Waals surface area contributed by atoms with Crippen LogP contribution < -0.4 is 9.64 Å². The van der Waals surface area contributed by atoms with E-state index in [-0.39, 0.29) is 37.0 Å². The van der Waals surface area contributed by atoms with Crippen molar-refractivity contribution in [3.63, 3.8) is 0 Å². The number of amides is 3. The molecule has 0 aliphatic carbocycles. The summed E-state index contributed by atoms with van der Waals surface area (Å²) in [6.07, 6.45) is 0.805. The molecule has 2 aromatic rings. The molecule has 2 aromatic carbocycles. The highest BCUT2D eigenvalue weighted by Crippen LogP contribution is 2.28. The second-order valence-electron chi connectivity index (χ2n) is 6.88. The van der Waals surface area contributed by atoms with Gasteiger partial charge in [-0.1, -0.05) is 19.1 Å². The van der Waals surface area contributed by atoms with Crippen molar-refractivity contribution in [1.82, 2.24) is 4.90 Å². The van der Waals surface area contributed by atoms with Gasteiger partial charge < -0.3 is 9.64 Å². The number of hydrogen-bond donors (Lipinski definition) is 0. The Kier molecular flexibility index (Phi) is 6.26. The lowest BCUT2D eigenvalue weighted by Crippen LogP contribution is -2.45. The molecule has 6 nitrogen and oxygen atoms in total. The average molecular weight is 398 g/mol. The molecule has 0 bridgehead atoms. The normalized spacial score (nSPS) is 16.2. The Labute approximate surface area is 168 Å². The Morgan fingerprint density at radius 3 is 2.38 bits per heavy atom. The topological polar surface area (TPSA) is 66.9 Å². The molecule has 1 heterocycles. The third-order valence-corrected chi connectivity index (χ3v) is 4.88. The highest BCUT2D eigenvalue weighted by Gasteiger charge is 2.44. The molecule has 152 valence electrons. The Hall–Kier alpha value is -3.22. The van der Waals surface area contributed by atoms with Gasteiger partial charge in [-0.2, -0.15) is 0 Å². The largest absolute Gasteiger partial charge is 0.497 e. The second kappa shape index (κ2) is 8.86. The van der Waals surface area contributed by atoms with E-state index in [4.69, 9.17) is 4.74 Å². The fourth-order valence-corrected chi connectivity index (χ4v) is 3.38. The van der Waals surface area contributed by atoms with Crippen LogP contribution in [0.3, 0.4) is 0 Å². The molecular formula is C22H23FN2O4. The van der Waals surface area contributed by atoms with Crippen molar-refractivity contribution in [1.29, 1.82) is 0 Å². The first-order valence-electron chi connectivity index (χ1n) is 9.49. The van der Waals surface area contributed by atoms with Crippen LogP contribution in [-0.2, 0) is 20.9 Å². The number of carbonyl (C=O) groups is 3. The van der Waals surface area contributed by atoms with Crippen molar-refractivity contribution in [2.75, 3.05) is 12.0 Å². The minimum atomic E-state index is -0.881. The maximum Gasteiger partial charge on any atom is 0.257 e. The Morgan fingerprint density at radius 1 is 1.14 bits per heavy atom. The first-order chi connectivity index (χ1) is 13.9. The quantitative estimate of drug-likeness (QED) is 0.672. The van der Waals surface area contributed by atoms with Crippen LogP contribution >= 0.6 is 0 Å². The van der Waals surface area contributed by atoms with Gasteiger partial charge in [-0.05, 0) is 48.4 Å². The zero-order valence-electron chi connectivity index (χ0n) is 16.4. The lowest BCUT2D eigenvalue weighted by Gasteiger charge is -2.28. The molecule has 1 aliphatic rings. The van der Waals surface area contributed by atoms with Crippen LogP contribution in [0.5, 0.6) is 5.75 Å². The molecule has 1 fully saturated rings. The number of hydrogen-bond acceptors (Lipinski definition) is 4. The summed E-state index contributed by atoms with van der Waals surface area (Å²) in [5.74, 6) is -0.775. The van der Waals surface area contributed by atoms with Gasteiger partial charge >= 0.3 is 0 Å². The van der Waals surface area contributed by atoms with Crippen LogP contribution in [0.2, 0.25) is 0 Å². The number of anilines is 1. The van der Waals surface area contributed by atoms with Crippen molar-refractivity contribution in [2.24, 2.45) is 0 Å². The fraction of sp³-hybridized carbons (Fsp3) is 0.318. The second-order valence-corrected chi connectivity index (χ2v) is 6.88. The number of ether oxygens (including phenoxy) is 1. The Morgan fingerprint density at radius 2 is 1.79 bits per heavy atom. The number of rotatable bonds is 7. The van der Waals surface area contributed by atoms with Gasteiger partial charge in [0.25, 0.3) is 5.91 Å². The third-order valence-electron chi connectivity index (χ3n) is 4.88. The van der Waals surface area contributed by atoms with E-state index in [0.29, 0.717) is 23.4 Å². The summed E-state index contributed by atoms with van der Waals surface area (Å²) in [5, 5.41) is 0. The highest BCUT2D eigenvalue weighted by atomic mass is 19.1. The number of benzene rings is 2. The van der Waals surface area contributed by atoms with Gasteiger partial charge in [0.2, 0.25) is 11.8 Å².